The largest absolute Gasteiger partial charge is 0.355 e. The maximum Gasteiger partial charge on any atom is 0.236 e. The summed E-state index contributed by atoms with van der Waals surface area (Å²) in [5.74, 6) is 1.26. The van der Waals surface area contributed by atoms with Crippen LogP contribution in [0.25, 0.3) is 0 Å². The van der Waals surface area contributed by atoms with Crippen LogP contribution in [-0.2, 0) is 4.79 Å². The van der Waals surface area contributed by atoms with Crippen LogP contribution in [0.1, 0.15) is 40.0 Å². The summed E-state index contributed by atoms with van der Waals surface area (Å²) in [4.78, 5) is 23.4. The van der Waals surface area contributed by atoms with Crippen molar-refractivity contribution in [2.75, 3.05) is 66.0 Å². The molecule has 0 aromatic carbocycles. The van der Waals surface area contributed by atoms with Gasteiger partial charge in [-0.1, -0.05) is 0 Å². The first-order valence-corrected chi connectivity index (χ1v) is 10.1. The van der Waals surface area contributed by atoms with Gasteiger partial charge < -0.3 is 20.4 Å². The average Bonchev–Trinajstić information content (AvgIpc) is 2.62. The van der Waals surface area contributed by atoms with Crippen molar-refractivity contribution in [2.24, 2.45) is 4.99 Å². The zero-order valence-corrected chi connectivity index (χ0v) is 17.2. The smallest absolute Gasteiger partial charge is 0.236 e. The van der Waals surface area contributed by atoms with Crippen molar-refractivity contribution >= 4 is 11.9 Å². The molecule has 2 aliphatic heterocycles. The molecule has 150 valence electrons. The normalized spacial score (nSPS) is 20.4. The van der Waals surface area contributed by atoms with Crippen LogP contribution in [0.15, 0.2) is 4.99 Å². The Morgan fingerprint density at radius 1 is 0.923 bits per heavy atom. The highest BCUT2D eigenvalue weighted by atomic mass is 16.2. The second-order valence-electron chi connectivity index (χ2n) is 8.36. The first-order valence-electron chi connectivity index (χ1n) is 10.1. The highest BCUT2D eigenvalue weighted by Gasteiger charge is 2.24. The van der Waals surface area contributed by atoms with Crippen molar-refractivity contribution < 1.29 is 4.79 Å². The van der Waals surface area contributed by atoms with Crippen molar-refractivity contribution in [3.05, 3.63) is 0 Å². The van der Waals surface area contributed by atoms with Crippen LogP contribution in [0.5, 0.6) is 0 Å². The SMILES string of the molecule is CN=C(NCCNC(C)(C)C)N1CCN(CC(=O)N2CCCCC2)CC1. The topological polar surface area (TPSA) is 63.2 Å². The van der Waals surface area contributed by atoms with Crippen molar-refractivity contribution in [1.82, 2.24) is 25.3 Å². The summed E-state index contributed by atoms with van der Waals surface area (Å²) >= 11 is 0. The van der Waals surface area contributed by atoms with Gasteiger partial charge in [-0.3, -0.25) is 14.7 Å². The Kier molecular flexibility index (Phi) is 8.15. The predicted molar refractivity (Wildman–Crippen MR) is 108 cm³/mol. The van der Waals surface area contributed by atoms with Crippen molar-refractivity contribution in [3.63, 3.8) is 0 Å². The summed E-state index contributed by atoms with van der Waals surface area (Å²) in [6.07, 6.45) is 3.58. The molecule has 1 amide bonds. The second-order valence-corrected chi connectivity index (χ2v) is 8.36. The summed E-state index contributed by atoms with van der Waals surface area (Å²) in [6, 6.07) is 0. The van der Waals surface area contributed by atoms with Gasteiger partial charge in [0.2, 0.25) is 5.91 Å². The molecule has 0 saturated carbocycles. The van der Waals surface area contributed by atoms with Gasteiger partial charge in [-0.05, 0) is 40.0 Å². The summed E-state index contributed by atoms with van der Waals surface area (Å²) in [5.41, 5.74) is 0.137. The monoisotopic (exact) mass is 366 g/mol. The van der Waals surface area contributed by atoms with Crippen LogP contribution < -0.4 is 10.6 Å². The molecule has 2 fully saturated rings. The summed E-state index contributed by atoms with van der Waals surface area (Å²) in [5, 5.41) is 6.92. The Bertz CT molecular complexity index is 459. The molecule has 0 radical (unpaired) electrons. The Balaban J connectivity index is 1.68. The summed E-state index contributed by atoms with van der Waals surface area (Å²) < 4.78 is 0. The van der Waals surface area contributed by atoms with E-state index in [4.69, 9.17) is 0 Å². The van der Waals surface area contributed by atoms with Crippen LogP contribution in [0, 0.1) is 0 Å². The highest BCUT2D eigenvalue weighted by molar-refractivity contribution is 5.80. The van der Waals surface area contributed by atoms with Crippen LogP contribution in [0.4, 0.5) is 0 Å². The molecule has 7 nitrogen and oxygen atoms in total. The number of guanidine groups is 1. The number of nitrogens with zero attached hydrogens (tertiary/aromatic N) is 4. The molecular formula is C19H38N6O. The van der Waals surface area contributed by atoms with Gasteiger partial charge >= 0.3 is 0 Å². The zero-order chi connectivity index (χ0) is 19.0. The molecule has 0 bridgehead atoms. The Hall–Kier alpha value is -1.34. The van der Waals surface area contributed by atoms with Gasteiger partial charge in [-0.25, -0.2) is 0 Å². The minimum atomic E-state index is 0.137. The second kappa shape index (κ2) is 10.1. The first kappa shape index (κ1) is 21.0. The number of nitrogens with one attached hydrogen (secondary N) is 2. The van der Waals surface area contributed by atoms with Gasteiger partial charge in [0.1, 0.15) is 0 Å². The van der Waals surface area contributed by atoms with Crippen LogP contribution >= 0.6 is 0 Å². The quantitative estimate of drug-likeness (QED) is 0.423. The standard InChI is InChI=1S/C19H38N6O/c1-19(2,3)22-9-8-21-18(20-4)25-14-12-23(13-15-25)16-17(26)24-10-6-5-7-11-24/h22H,5-16H2,1-4H3,(H,20,21). The molecule has 0 aromatic heterocycles. The third kappa shape index (κ3) is 7.11. The first-order chi connectivity index (χ1) is 12.4. The van der Waals surface area contributed by atoms with Crippen molar-refractivity contribution in [3.8, 4) is 0 Å². The van der Waals surface area contributed by atoms with Gasteiger partial charge in [-0.15, -0.1) is 0 Å². The van der Waals surface area contributed by atoms with E-state index in [1.54, 1.807) is 0 Å². The molecule has 0 unspecified atom stereocenters. The van der Waals surface area contributed by atoms with Gasteiger partial charge in [0.05, 0.1) is 6.54 Å². The van der Waals surface area contributed by atoms with E-state index in [-0.39, 0.29) is 5.54 Å². The Labute approximate surface area is 159 Å². The third-order valence-corrected chi connectivity index (χ3v) is 5.01. The fourth-order valence-electron chi connectivity index (χ4n) is 3.50. The highest BCUT2D eigenvalue weighted by Crippen LogP contribution is 2.10. The lowest BCUT2D eigenvalue weighted by molar-refractivity contribution is -0.133. The molecule has 2 rings (SSSR count). The lowest BCUT2D eigenvalue weighted by Crippen LogP contribution is -2.55. The number of hydrogen-bond acceptors (Lipinski definition) is 4. The number of likely N-dealkylation sites (tertiary alicyclic amines) is 1. The van der Waals surface area contributed by atoms with E-state index in [0.717, 1.165) is 71.2 Å². The molecule has 0 aliphatic carbocycles. The van der Waals surface area contributed by atoms with Gasteiger partial charge in [0.15, 0.2) is 5.96 Å². The van der Waals surface area contributed by atoms with Gasteiger partial charge in [0.25, 0.3) is 0 Å². The molecule has 2 aliphatic rings. The molecule has 0 aromatic rings. The zero-order valence-electron chi connectivity index (χ0n) is 17.2. The van der Waals surface area contributed by atoms with Crippen LogP contribution in [0.3, 0.4) is 0 Å². The minimum Gasteiger partial charge on any atom is -0.355 e. The van der Waals surface area contributed by atoms with Gasteiger partial charge in [-0.2, -0.15) is 0 Å². The van der Waals surface area contributed by atoms with E-state index in [1.807, 2.05) is 11.9 Å². The number of piperazine rings is 1. The Morgan fingerprint density at radius 2 is 1.58 bits per heavy atom. The summed E-state index contributed by atoms with van der Waals surface area (Å²) in [7, 11) is 1.84. The lowest BCUT2D eigenvalue weighted by Gasteiger charge is -2.37. The number of carbonyl (C=O) groups excluding carboxylic acids is 1. The molecule has 0 atom stereocenters. The minimum absolute atomic E-state index is 0.137. The van der Waals surface area contributed by atoms with E-state index >= 15 is 0 Å². The molecule has 2 N–H and O–H groups in total. The summed E-state index contributed by atoms with van der Waals surface area (Å²) in [6.45, 7) is 14.4. The van der Waals surface area contributed by atoms with E-state index in [9.17, 15) is 4.79 Å². The molecule has 7 heteroatoms. The third-order valence-electron chi connectivity index (χ3n) is 5.01. The number of aliphatic imine (C=N–C) groups is 1. The average molecular weight is 367 g/mol. The van der Waals surface area contributed by atoms with E-state index in [0.29, 0.717) is 12.5 Å². The number of carbonyl (C=O) groups is 1. The molecule has 2 saturated heterocycles. The maximum atomic E-state index is 12.4. The van der Waals surface area contributed by atoms with E-state index < -0.39 is 0 Å². The van der Waals surface area contributed by atoms with Crippen LogP contribution in [0.2, 0.25) is 0 Å². The van der Waals surface area contributed by atoms with Crippen molar-refractivity contribution in [1.29, 1.82) is 0 Å². The molecular weight excluding hydrogens is 328 g/mol. The Morgan fingerprint density at radius 3 is 2.15 bits per heavy atom. The maximum absolute atomic E-state index is 12.4. The molecule has 26 heavy (non-hydrogen) atoms. The number of hydrogen-bond donors (Lipinski definition) is 2. The fraction of sp³-hybridized carbons (Fsp3) is 0.895. The lowest BCUT2D eigenvalue weighted by atomic mass is 10.1. The number of piperidine rings is 1. The predicted octanol–water partition coefficient (Wildman–Crippen LogP) is 0.580. The number of amides is 1. The van der Waals surface area contributed by atoms with Crippen molar-refractivity contribution in [2.45, 2.75) is 45.6 Å². The molecule has 2 heterocycles. The van der Waals surface area contributed by atoms with Crippen LogP contribution in [-0.4, -0.2) is 98.1 Å². The molecule has 0 spiro atoms. The fourth-order valence-corrected chi connectivity index (χ4v) is 3.50. The number of rotatable bonds is 5. The van der Waals surface area contributed by atoms with Gasteiger partial charge in [0, 0.05) is 64.9 Å². The van der Waals surface area contributed by atoms with E-state index in [1.165, 1.54) is 6.42 Å². The van der Waals surface area contributed by atoms with E-state index in [2.05, 4.69) is 46.2 Å².